The Morgan fingerprint density at radius 2 is 2.23 bits per heavy atom. The van der Waals surface area contributed by atoms with E-state index in [-0.39, 0.29) is 5.56 Å². The molecule has 4 nitrogen and oxygen atoms in total. The van der Waals surface area contributed by atoms with Crippen LogP contribution in [-0.4, -0.2) is 14.5 Å². The molecule has 22 heavy (non-hydrogen) atoms. The van der Waals surface area contributed by atoms with E-state index in [1.54, 1.807) is 22.2 Å². The third-order valence-corrected chi connectivity index (χ3v) is 4.91. The van der Waals surface area contributed by atoms with Crippen molar-refractivity contribution in [3.8, 4) is 0 Å². The van der Waals surface area contributed by atoms with Gasteiger partial charge in [-0.1, -0.05) is 37.3 Å². The van der Waals surface area contributed by atoms with Crippen LogP contribution in [-0.2, 0) is 13.0 Å². The fourth-order valence-electron chi connectivity index (χ4n) is 2.32. The van der Waals surface area contributed by atoms with Gasteiger partial charge in [-0.15, -0.1) is 11.3 Å². The quantitative estimate of drug-likeness (QED) is 0.748. The van der Waals surface area contributed by atoms with Crippen molar-refractivity contribution in [2.75, 3.05) is 0 Å². The third-order valence-electron chi connectivity index (χ3n) is 3.48. The normalized spacial score (nSPS) is 11.0. The molecule has 2 N–H and O–H groups in total. The molecule has 3 aromatic rings. The average Bonchev–Trinajstić information content (AvgIpc) is 2.94. The summed E-state index contributed by atoms with van der Waals surface area (Å²) in [5.74, 6) is 0. The number of nitrogens with zero attached hydrogens (tertiary/aromatic N) is 2. The average molecular weight is 329 g/mol. The number of aromatic nitrogens is 2. The van der Waals surface area contributed by atoms with Gasteiger partial charge in [0.05, 0.1) is 18.3 Å². The number of aryl methyl sites for hydroxylation is 1. The summed E-state index contributed by atoms with van der Waals surface area (Å²) in [5, 5.41) is 0.690. The van der Waals surface area contributed by atoms with Crippen LogP contribution in [0, 0.1) is 0 Å². The van der Waals surface area contributed by atoms with E-state index in [2.05, 4.69) is 11.9 Å². The Balaban J connectivity index is 2.00. The zero-order valence-corrected chi connectivity index (χ0v) is 13.7. The highest BCUT2D eigenvalue weighted by Crippen LogP contribution is 2.21. The maximum atomic E-state index is 12.6. The molecule has 0 amide bonds. The molecule has 0 aliphatic rings. The number of hydrogen-bond donors (Lipinski definition) is 1. The van der Waals surface area contributed by atoms with E-state index < -0.39 is 0 Å². The number of hydrogen-bond acceptors (Lipinski definition) is 4. The first-order chi connectivity index (χ1) is 10.6. The molecule has 0 unspecified atom stereocenters. The predicted octanol–water partition coefficient (Wildman–Crippen LogP) is 2.70. The first-order valence-electron chi connectivity index (χ1n) is 6.95. The summed E-state index contributed by atoms with van der Waals surface area (Å²) in [6.07, 6.45) is 2.52. The van der Waals surface area contributed by atoms with E-state index in [1.165, 1.54) is 4.88 Å². The molecule has 112 valence electrons. The first-order valence-corrected chi connectivity index (χ1v) is 8.17. The van der Waals surface area contributed by atoms with Gasteiger partial charge in [0.1, 0.15) is 9.82 Å². The Bertz CT molecular complexity index is 911. The van der Waals surface area contributed by atoms with E-state index in [0.29, 0.717) is 16.9 Å². The molecule has 0 spiro atoms. The number of fused-ring (bicyclic) bond motifs is 1. The SMILES string of the molecule is CCc1cc2c(=O)n(Cc3cccc(C(N)=S)c3)cnc2s1. The van der Waals surface area contributed by atoms with Crippen LogP contribution in [0.25, 0.3) is 10.2 Å². The van der Waals surface area contributed by atoms with Gasteiger partial charge >= 0.3 is 0 Å². The molecule has 0 atom stereocenters. The number of rotatable bonds is 4. The van der Waals surface area contributed by atoms with Gasteiger partial charge in [-0.25, -0.2) is 4.98 Å². The summed E-state index contributed by atoms with van der Waals surface area (Å²) in [4.78, 5) is 19.3. The lowest BCUT2D eigenvalue weighted by atomic mass is 10.1. The van der Waals surface area contributed by atoms with Gasteiger partial charge < -0.3 is 5.73 Å². The van der Waals surface area contributed by atoms with Crippen LogP contribution in [0.5, 0.6) is 0 Å². The van der Waals surface area contributed by atoms with Crippen LogP contribution < -0.4 is 11.3 Å². The Hall–Kier alpha value is -2.05. The second kappa shape index (κ2) is 5.98. The van der Waals surface area contributed by atoms with Gasteiger partial charge in [-0.2, -0.15) is 0 Å². The molecule has 6 heteroatoms. The highest BCUT2D eigenvalue weighted by atomic mass is 32.1. The summed E-state index contributed by atoms with van der Waals surface area (Å²) in [5.41, 5.74) is 7.41. The first kappa shape index (κ1) is 14.9. The smallest absolute Gasteiger partial charge is 0.262 e. The van der Waals surface area contributed by atoms with E-state index in [9.17, 15) is 4.79 Å². The van der Waals surface area contributed by atoms with Gasteiger partial charge in [0.25, 0.3) is 5.56 Å². The number of thiocarbonyl (C=S) groups is 1. The molecular weight excluding hydrogens is 314 g/mol. The zero-order valence-electron chi connectivity index (χ0n) is 12.1. The fourth-order valence-corrected chi connectivity index (χ4v) is 3.37. The van der Waals surface area contributed by atoms with E-state index in [1.807, 2.05) is 30.3 Å². The lowest BCUT2D eigenvalue weighted by Gasteiger charge is -2.07. The highest BCUT2D eigenvalue weighted by Gasteiger charge is 2.09. The summed E-state index contributed by atoms with van der Waals surface area (Å²) in [6, 6.07) is 9.55. The lowest BCUT2D eigenvalue weighted by molar-refractivity contribution is 0.749. The second-order valence-corrected chi connectivity index (χ2v) is 6.58. The number of thiophene rings is 1. The highest BCUT2D eigenvalue weighted by molar-refractivity contribution is 7.80. The van der Waals surface area contributed by atoms with Crippen LogP contribution in [0.15, 0.2) is 41.5 Å². The van der Waals surface area contributed by atoms with Crippen molar-refractivity contribution in [3.05, 3.63) is 63.0 Å². The van der Waals surface area contributed by atoms with Crippen molar-refractivity contribution in [2.45, 2.75) is 19.9 Å². The summed E-state index contributed by atoms with van der Waals surface area (Å²) in [6.45, 7) is 2.53. The van der Waals surface area contributed by atoms with Gasteiger partial charge in [0.2, 0.25) is 0 Å². The zero-order chi connectivity index (χ0) is 15.7. The van der Waals surface area contributed by atoms with Gasteiger partial charge in [0.15, 0.2) is 0 Å². The molecule has 0 saturated heterocycles. The van der Waals surface area contributed by atoms with Crippen molar-refractivity contribution in [2.24, 2.45) is 5.73 Å². The molecule has 1 aromatic carbocycles. The van der Waals surface area contributed by atoms with Crippen molar-refractivity contribution in [1.82, 2.24) is 9.55 Å². The number of benzene rings is 1. The Morgan fingerprint density at radius 3 is 2.95 bits per heavy atom. The van der Waals surface area contributed by atoms with Crippen molar-refractivity contribution >= 4 is 38.8 Å². The number of nitrogens with two attached hydrogens (primary N) is 1. The molecule has 0 saturated carbocycles. The van der Waals surface area contributed by atoms with Crippen LogP contribution in [0.1, 0.15) is 22.9 Å². The van der Waals surface area contributed by atoms with Gasteiger partial charge in [-0.05, 0) is 24.1 Å². The predicted molar refractivity (Wildman–Crippen MR) is 94.7 cm³/mol. The molecule has 0 bridgehead atoms. The van der Waals surface area contributed by atoms with Gasteiger partial charge in [-0.3, -0.25) is 9.36 Å². The topological polar surface area (TPSA) is 60.9 Å². The molecule has 2 heterocycles. The third kappa shape index (κ3) is 2.80. The second-order valence-electron chi connectivity index (χ2n) is 5.03. The summed E-state index contributed by atoms with van der Waals surface area (Å²) < 4.78 is 1.62. The van der Waals surface area contributed by atoms with Crippen LogP contribution >= 0.6 is 23.6 Å². The maximum Gasteiger partial charge on any atom is 0.262 e. The molecular formula is C16H15N3OS2. The molecule has 3 rings (SSSR count). The Labute approximate surface area is 137 Å². The van der Waals surface area contributed by atoms with E-state index >= 15 is 0 Å². The Morgan fingerprint density at radius 1 is 1.41 bits per heavy atom. The molecule has 0 fully saturated rings. The van der Waals surface area contributed by atoms with Crippen molar-refractivity contribution in [1.29, 1.82) is 0 Å². The minimum absolute atomic E-state index is 0.0123. The molecule has 0 aliphatic carbocycles. The summed E-state index contributed by atoms with van der Waals surface area (Å²) >= 11 is 6.56. The van der Waals surface area contributed by atoms with Crippen LogP contribution in [0.4, 0.5) is 0 Å². The van der Waals surface area contributed by atoms with Crippen LogP contribution in [0.3, 0.4) is 0 Å². The minimum atomic E-state index is -0.0123. The minimum Gasteiger partial charge on any atom is -0.389 e. The largest absolute Gasteiger partial charge is 0.389 e. The van der Waals surface area contributed by atoms with Gasteiger partial charge in [0, 0.05) is 10.4 Å². The maximum absolute atomic E-state index is 12.6. The lowest BCUT2D eigenvalue weighted by Crippen LogP contribution is -2.20. The molecule has 0 radical (unpaired) electrons. The van der Waals surface area contributed by atoms with E-state index in [0.717, 1.165) is 22.4 Å². The van der Waals surface area contributed by atoms with E-state index in [4.69, 9.17) is 18.0 Å². The van der Waals surface area contributed by atoms with Crippen LogP contribution in [0.2, 0.25) is 0 Å². The molecule has 2 aromatic heterocycles. The monoisotopic (exact) mass is 329 g/mol. The summed E-state index contributed by atoms with van der Waals surface area (Å²) in [7, 11) is 0. The van der Waals surface area contributed by atoms with Crippen molar-refractivity contribution < 1.29 is 0 Å². The Kier molecular flexibility index (Phi) is 4.04. The standard InChI is InChI=1S/C16H15N3OS2/c1-2-12-7-13-15(22-12)18-9-19(16(13)20)8-10-4-3-5-11(6-10)14(17)21/h3-7,9H,2,8H2,1H3,(H2,17,21). The molecule has 0 aliphatic heterocycles. The van der Waals surface area contributed by atoms with Crippen molar-refractivity contribution in [3.63, 3.8) is 0 Å². The fraction of sp³-hybridized carbons (Fsp3) is 0.188.